The first kappa shape index (κ1) is 8.80. The number of rotatable bonds is 4. The fourth-order valence-corrected chi connectivity index (χ4v) is 0.279. The van der Waals surface area contributed by atoms with Gasteiger partial charge in [0.25, 0.3) is 0 Å². The van der Waals surface area contributed by atoms with E-state index in [4.69, 9.17) is 20.4 Å². The monoisotopic (exact) mass is 138 g/mol. The van der Waals surface area contributed by atoms with Crippen molar-refractivity contribution in [3.05, 3.63) is 0 Å². The minimum atomic E-state index is -1.55. The maximum absolute atomic E-state index is 8.13. The van der Waals surface area contributed by atoms with Crippen molar-refractivity contribution in [2.45, 2.75) is 12.6 Å². The molecule has 0 saturated heterocycles. The molecule has 0 aliphatic heterocycles. The zero-order valence-corrected chi connectivity index (χ0v) is 4.77. The van der Waals surface area contributed by atoms with Crippen molar-refractivity contribution >= 4 is 0 Å². The average molecular weight is 138 g/mol. The number of aliphatic hydroxyl groups is 4. The van der Waals surface area contributed by atoms with Gasteiger partial charge < -0.3 is 25.2 Å². The van der Waals surface area contributed by atoms with Crippen LogP contribution in [0.15, 0.2) is 0 Å². The minimum Gasteiger partial charge on any atom is -0.371 e. The molecule has 0 aliphatic carbocycles. The molecule has 0 rings (SSSR count). The lowest BCUT2D eigenvalue weighted by Crippen LogP contribution is -2.20. The van der Waals surface area contributed by atoms with Gasteiger partial charge in [-0.2, -0.15) is 0 Å². The van der Waals surface area contributed by atoms with E-state index in [9.17, 15) is 0 Å². The summed E-state index contributed by atoms with van der Waals surface area (Å²) in [6.07, 6.45) is -3.10. The molecule has 0 fully saturated rings. The SMILES string of the molecule is OC(O)COCC(O)O. The van der Waals surface area contributed by atoms with Gasteiger partial charge >= 0.3 is 0 Å². The molecule has 5 heteroatoms. The van der Waals surface area contributed by atoms with Crippen LogP contribution in [0.5, 0.6) is 0 Å². The lowest BCUT2D eigenvalue weighted by atomic mass is 10.6. The van der Waals surface area contributed by atoms with E-state index in [2.05, 4.69) is 4.74 Å². The van der Waals surface area contributed by atoms with Crippen LogP contribution in [0.4, 0.5) is 0 Å². The lowest BCUT2D eigenvalue weighted by Gasteiger charge is -2.05. The normalized spacial score (nSPS) is 11.3. The zero-order valence-electron chi connectivity index (χ0n) is 4.77. The maximum atomic E-state index is 8.13. The number of hydrogen-bond donors (Lipinski definition) is 4. The third-order valence-electron chi connectivity index (χ3n) is 0.534. The fraction of sp³-hybridized carbons (Fsp3) is 1.00. The van der Waals surface area contributed by atoms with Crippen LogP contribution in [-0.4, -0.2) is 46.2 Å². The van der Waals surface area contributed by atoms with E-state index in [1.165, 1.54) is 0 Å². The second kappa shape index (κ2) is 4.66. The summed E-state index contributed by atoms with van der Waals surface area (Å²) < 4.78 is 4.36. The van der Waals surface area contributed by atoms with Crippen molar-refractivity contribution in [1.29, 1.82) is 0 Å². The first-order valence-corrected chi connectivity index (χ1v) is 2.43. The molecule has 0 aromatic heterocycles. The van der Waals surface area contributed by atoms with Crippen LogP contribution >= 0.6 is 0 Å². The standard InChI is InChI=1S/C4H10O5/c5-3(6)1-9-2-4(7)8/h3-8H,1-2H2. The second-order valence-electron chi connectivity index (χ2n) is 1.50. The largest absolute Gasteiger partial charge is 0.371 e. The van der Waals surface area contributed by atoms with Crippen LogP contribution in [0, 0.1) is 0 Å². The highest BCUT2D eigenvalue weighted by Gasteiger charge is 1.99. The fourth-order valence-electron chi connectivity index (χ4n) is 0.279. The Balaban J connectivity index is 2.91. The summed E-state index contributed by atoms with van der Waals surface area (Å²) in [5.74, 6) is 0. The van der Waals surface area contributed by atoms with Gasteiger partial charge in [-0.15, -0.1) is 0 Å². The summed E-state index contributed by atoms with van der Waals surface area (Å²) in [5, 5.41) is 32.5. The molecule has 0 saturated carbocycles. The van der Waals surface area contributed by atoms with E-state index in [0.717, 1.165) is 0 Å². The van der Waals surface area contributed by atoms with Gasteiger partial charge in [0.1, 0.15) is 0 Å². The molecule has 0 atom stereocenters. The zero-order chi connectivity index (χ0) is 7.28. The third kappa shape index (κ3) is 7.80. The summed E-state index contributed by atoms with van der Waals surface area (Å²) in [7, 11) is 0. The molecule has 5 nitrogen and oxygen atoms in total. The topological polar surface area (TPSA) is 90.2 Å². The molecule has 0 aromatic carbocycles. The Hall–Kier alpha value is -0.200. The van der Waals surface area contributed by atoms with Crippen molar-refractivity contribution in [3.63, 3.8) is 0 Å². The first-order chi connectivity index (χ1) is 4.13. The molecular weight excluding hydrogens is 128 g/mol. The Bertz CT molecular complexity index is 54.0. The predicted molar refractivity (Wildman–Crippen MR) is 27.3 cm³/mol. The molecule has 0 bridgehead atoms. The van der Waals surface area contributed by atoms with Gasteiger partial charge in [-0.3, -0.25) is 0 Å². The van der Waals surface area contributed by atoms with Crippen molar-refractivity contribution in [2.75, 3.05) is 13.2 Å². The van der Waals surface area contributed by atoms with Gasteiger partial charge in [0.2, 0.25) is 0 Å². The lowest BCUT2D eigenvalue weighted by molar-refractivity contribution is -0.138. The summed E-state index contributed by atoms with van der Waals surface area (Å²) in [4.78, 5) is 0. The third-order valence-corrected chi connectivity index (χ3v) is 0.534. The van der Waals surface area contributed by atoms with E-state index in [1.807, 2.05) is 0 Å². The van der Waals surface area contributed by atoms with Crippen LogP contribution in [0.3, 0.4) is 0 Å². The van der Waals surface area contributed by atoms with Crippen molar-refractivity contribution in [1.82, 2.24) is 0 Å². The Labute approximate surface area is 52.1 Å². The molecule has 56 valence electrons. The van der Waals surface area contributed by atoms with Gasteiger partial charge in [0.05, 0.1) is 13.2 Å². The number of hydrogen-bond acceptors (Lipinski definition) is 5. The molecular formula is C4H10O5. The molecule has 0 radical (unpaired) electrons. The molecule has 0 amide bonds. The molecule has 9 heavy (non-hydrogen) atoms. The molecule has 0 spiro atoms. The van der Waals surface area contributed by atoms with Crippen LogP contribution in [-0.2, 0) is 4.74 Å². The van der Waals surface area contributed by atoms with Crippen LogP contribution in [0.1, 0.15) is 0 Å². The van der Waals surface area contributed by atoms with E-state index in [1.54, 1.807) is 0 Å². The average Bonchev–Trinajstić information content (AvgIpc) is 1.63. The summed E-state index contributed by atoms with van der Waals surface area (Å²) >= 11 is 0. The van der Waals surface area contributed by atoms with Gasteiger partial charge in [-0.25, -0.2) is 0 Å². The van der Waals surface area contributed by atoms with E-state index < -0.39 is 12.6 Å². The summed E-state index contributed by atoms with van der Waals surface area (Å²) in [6.45, 7) is -0.616. The highest BCUT2D eigenvalue weighted by molar-refractivity contribution is 4.34. The Kier molecular flexibility index (Phi) is 4.55. The van der Waals surface area contributed by atoms with Gasteiger partial charge in [0, 0.05) is 0 Å². The van der Waals surface area contributed by atoms with Gasteiger partial charge in [-0.05, 0) is 0 Å². The summed E-state index contributed by atoms with van der Waals surface area (Å²) in [5.41, 5.74) is 0. The highest BCUT2D eigenvalue weighted by Crippen LogP contribution is 1.81. The van der Waals surface area contributed by atoms with Gasteiger partial charge in [0.15, 0.2) is 12.6 Å². The number of ether oxygens (including phenoxy) is 1. The second-order valence-corrected chi connectivity index (χ2v) is 1.50. The van der Waals surface area contributed by atoms with Crippen LogP contribution in [0.2, 0.25) is 0 Å². The Morgan fingerprint density at radius 1 is 0.889 bits per heavy atom. The van der Waals surface area contributed by atoms with Crippen LogP contribution in [0.25, 0.3) is 0 Å². The van der Waals surface area contributed by atoms with Crippen LogP contribution < -0.4 is 0 Å². The van der Waals surface area contributed by atoms with Crippen molar-refractivity contribution in [2.24, 2.45) is 0 Å². The first-order valence-electron chi connectivity index (χ1n) is 2.43. The van der Waals surface area contributed by atoms with Crippen molar-refractivity contribution in [3.8, 4) is 0 Å². The van der Waals surface area contributed by atoms with E-state index in [0.29, 0.717) is 0 Å². The maximum Gasteiger partial charge on any atom is 0.175 e. The molecule has 0 heterocycles. The quantitative estimate of drug-likeness (QED) is 0.326. The molecule has 0 unspecified atom stereocenters. The smallest absolute Gasteiger partial charge is 0.175 e. The van der Waals surface area contributed by atoms with Gasteiger partial charge in [-0.1, -0.05) is 0 Å². The Morgan fingerprint density at radius 2 is 1.22 bits per heavy atom. The predicted octanol–water partition coefficient (Wildman–Crippen LogP) is -2.38. The molecule has 0 aliphatic rings. The summed E-state index contributed by atoms with van der Waals surface area (Å²) in [6, 6.07) is 0. The Morgan fingerprint density at radius 3 is 1.44 bits per heavy atom. The highest BCUT2D eigenvalue weighted by atomic mass is 16.6. The van der Waals surface area contributed by atoms with Crippen molar-refractivity contribution < 1.29 is 25.2 Å². The van der Waals surface area contributed by atoms with E-state index in [-0.39, 0.29) is 13.2 Å². The van der Waals surface area contributed by atoms with E-state index >= 15 is 0 Å². The number of aliphatic hydroxyl groups excluding tert-OH is 2. The molecule has 0 aromatic rings. The minimum absolute atomic E-state index is 0.308. The molecule has 4 N–H and O–H groups in total.